The van der Waals surface area contributed by atoms with Crippen LogP contribution in [-0.4, -0.2) is 37.3 Å². The Kier molecular flexibility index (Phi) is 3.63. The fourth-order valence-electron chi connectivity index (χ4n) is 3.26. The second-order valence-electron chi connectivity index (χ2n) is 7.79. The van der Waals surface area contributed by atoms with Crippen molar-refractivity contribution in [2.75, 3.05) is 6.54 Å². The van der Waals surface area contributed by atoms with Crippen LogP contribution in [0.3, 0.4) is 0 Å². The molecule has 0 radical (unpaired) electrons. The summed E-state index contributed by atoms with van der Waals surface area (Å²) in [5, 5.41) is 0.240. The molecule has 1 amide bonds. The van der Waals surface area contributed by atoms with Gasteiger partial charge in [0.05, 0.1) is 6.10 Å². The summed E-state index contributed by atoms with van der Waals surface area (Å²) >= 11 is 0. The molecule has 0 saturated carbocycles. The van der Waals surface area contributed by atoms with Crippen molar-refractivity contribution in [1.29, 1.82) is 0 Å². The first kappa shape index (κ1) is 15.0. The van der Waals surface area contributed by atoms with Crippen LogP contribution in [-0.2, 0) is 9.22 Å². The van der Waals surface area contributed by atoms with Crippen molar-refractivity contribution in [2.24, 2.45) is 0 Å². The summed E-state index contributed by atoms with van der Waals surface area (Å²) in [5.74, 6) is 0.336. The Morgan fingerprint density at radius 3 is 2.53 bits per heavy atom. The fourth-order valence-corrected chi connectivity index (χ4v) is 4.60. The van der Waals surface area contributed by atoms with Crippen molar-refractivity contribution in [3.63, 3.8) is 0 Å². The monoisotopic (exact) mass is 283 g/mol. The van der Waals surface area contributed by atoms with Crippen LogP contribution in [0.1, 0.15) is 53.4 Å². The molecular weight excluding hydrogens is 254 g/mol. The molecule has 2 aliphatic rings. The van der Waals surface area contributed by atoms with Crippen molar-refractivity contribution in [2.45, 2.75) is 83.2 Å². The number of carbonyl (C=O) groups excluding carboxylic acids is 1. The van der Waals surface area contributed by atoms with Crippen LogP contribution in [0.15, 0.2) is 0 Å². The molecule has 19 heavy (non-hydrogen) atoms. The van der Waals surface area contributed by atoms with E-state index in [1.165, 1.54) is 0 Å². The Balaban J connectivity index is 2.09. The van der Waals surface area contributed by atoms with Crippen LogP contribution in [0.2, 0.25) is 18.1 Å². The van der Waals surface area contributed by atoms with Gasteiger partial charge < -0.3 is 9.33 Å². The number of hydrogen-bond acceptors (Lipinski definition) is 2. The second-order valence-corrected chi connectivity index (χ2v) is 12.5. The number of amides is 1. The van der Waals surface area contributed by atoms with Crippen LogP contribution in [0, 0.1) is 0 Å². The predicted octanol–water partition coefficient (Wildman–Crippen LogP) is 3.55. The molecule has 110 valence electrons. The van der Waals surface area contributed by atoms with Gasteiger partial charge in [0.25, 0.3) is 0 Å². The quantitative estimate of drug-likeness (QED) is 0.741. The molecule has 0 aromatic heterocycles. The lowest BCUT2D eigenvalue weighted by molar-refractivity contribution is -0.129. The number of hydrogen-bond donors (Lipinski definition) is 0. The highest BCUT2D eigenvalue weighted by Crippen LogP contribution is 2.45. The van der Waals surface area contributed by atoms with Crippen molar-refractivity contribution >= 4 is 14.2 Å². The molecule has 2 atom stereocenters. The molecule has 0 bridgehead atoms. The zero-order valence-electron chi connectivity index (χ0n) is 13.4. The molecule has 3 nitrogen and oxygen atoms in total. The van der Waals surface area contributed by atoms with Crippen molar-refractivity contribution < 1.29 is 9.22 Å². The Labute approximate surface area is 118 Å². The summed E-state index contributed by atoms with van der Waals surface area (Å²) in [7, 11) is -1.72. The van der Waals surface area contributed by atoms with E-state index in [2.05, 4.69) is 45.7 Å². The molecule has 2 heterocycles. The lowest BCUT2D eigenvalue weighted by Crippen LogP contribution is -2.44. The maximum Gasteiger partial charge on any atom is 0.223 e. The molecule has 2 saturated heterocycles. The van der Waals surface area contributed by atoms with Gasteiger partial charge in [-0.05, 0) is 37.4 Å². The van der Waals surface area contributed by atoms with E-state index in [0.29, 0.717) is 5.91 Å². The molecule has 2 aliphatic heterocycles. The van der Waals surface area contributed by atoms with Gasteiger partial charge in [0, 0.05) is 18.5 Å². The summed E-state index contributed by atoms with van der Waals surface area (Å²) in [5.41, 5.74) is 0.115. The first-order valence-electron chi connectivity index (χ1n) is 7.60. The van der Waals surface area contributed by atoms with Gasteiger partial charge in [-0.25, -0.2) is 0 Å². The molecule has 0 aliphatic carbocycles. The average molecular weight is 283 g/mol. The van der Waals surface area contributed by atoms with Gasteiger partial charge in [-0.3, -0.25) is 4.79 Å². The van der Waals surface area contributed by atoms with Gasteiger partial charge in [-0.1, -0.05) is 27.7 Å². The number of nitrogens with zero attached hydrogens (tertiary/aromatic N) is 1. The van der Waals surface area contributed by atoms with Gasteiger partial charge in [-0.2, -0.15) is 0 Å². The van der Waals surface area contributed by atoms with Crippen LogP contribution in [0.5, 0.6) is 0 Å². The molecule has 0 spiro atoms. The third-order valence-electron chi connectivity index (χ3n) is 5.60. The first-order valence-corrected chi connectivity index (χ1v) is 10.5. The largest absolute Gasteiger partial charge is 0.412 e. The lowest BCUT2D eigenvalue weighted by Gasteiger charge is -2.38. The van der Waals surface area contributed by atoms with E-state index < -0.39 is 8.32 Å². The van der Waals surface area contributed by atoms with Gasteiger partial charge in [0.1, 0.15) is 0 Å². The van der Waals surface area contributed by atoms with E-state index in [-0.39, 0.29) is 16.7 Å². The van der Waals surface area contributed by atoms with Crippen LogP contribution >= 0.6 is 0 Å². The summed E-state index contributed by atoms with van der Waals surface area (Å²) < 4.78 is 6.52. The lowest BCUT2D eigenvalue weighted by atomic mass is 9.91. The third kappa shape index (κ3) is 2.49. The highest BCUT2D eigenvalue weighted by atomic mass is 28.4. The molecular formula is C15H29NO2Si. The minimum atomic E-state index is -1.72. The van der Waals surface area contributed by atoms with E-state index in [9.17, 15) is 4.79 Å². The van der Waals surface area contributed by atoms with E-state index in [4.69, 9.17) is 4.43 Å². The summed E-state index contributed by atoms with van der Waals surface area (Å²) in [4.78, 5) is 14.1. The topological polar surface area (TPSA) is 29.5 Å². The molecule has 0 aromatic carbocycles. The van der Waals surface area contributed by atoms with Crippen LogP contribution in [0.4, 0.5) is 0 Å². The van der Waals surface area contributed by atoms with E-state index >= 15 is 0 Å². The normalized spacial score (nSPS) is 32.0. The maximum absolute atomic E-state index is 12.0. The Morgan fingerprint density at radius 1 is 1.42 bits per heavy atom. The summed E-state index contributed by atoms with van der Waals surface area (Å²) in [6.45, 7) is 14.5. The van der Waals surface area contributed by atoms with Gasteiger partial charge in [0.2, 0.25) is 5.91 Å². The standard InChI is InChI=1S/C15H29NO2Si/c1-7-15-9-8-13(17)16(15)11-12(10-15)18-19(5,6)14(2,3)4/h12H,7-11H2,1-6H3/t12-,15+/m0/s1. The molecule has 2 fully saturated rings. The minimum absolute atomic E-state index is 0.115. The zero-order chi connectivity index (χ0) is 14.5. The average Bonchev–Trinajstić information content (AvgIpc) is 2.75. The number of carbonyl (C=O) groups is 1. The molecule has 2 rings (SSSR count). The Morgan fingerprint density at radius 2 is 2.05 bits per heavy atom. The maximum atomic E-state index is 12.0. The van der Waals surface area contributed by atoms with Gasteiger partial charge in [0.15, 0.2) is 8.32 Å². The Hall–Kier alpha value is -0.353. The number of rotatable bonds is 3. The highest BCUT2D eigenvalue weighted by Gasteiger charge is 2.52. The second kappa shape index (κ2) is 4.59. The molecule has 4 heteroatoms. The van der Waals surface area contributed by atoms with Crippen LogP contribution in [0.25, 0.3) is 0 Å². The van der Waals surface area contributed by atoms with E-state index in [0.717, 1.165) is 32.2 Å². The SMILES string of the molecule is CC[C@]12CCC(=O)N1C[C@@H](O[Si](C)(C)C(C)(C)C)C2. The van der Waals surface area contributed by atoms with Crippen molar-refractivity contribution in [3.05, 3.63) is 0 Å². The van der Waals surface area contributed by atoms with Crippen molar-refractivity contribution in [3.8, 4) is 0 Å². The Bertz CT molecular complexity index is 375. The smallest absolute Gasteiger partial charge is 0.223 e. The molecule has 0 aromatic rings. The number of fused-ring (bicyclic) bond motifs is 1. The third-order valence-corrected chi connectivity index (χ3v) is 10.1. The van der Waals surface area contributed by atoms with Gasteiger partial charge >= 0.3 is 0 Å². The fraction of sp³-hybridized carbons (Fsp3) is 0.933. The molecule has 0 unspecified atom stereocenters. The van der Waals surface area contributed by atoms with Gasteiger partial charge in [-0.15, -0.1) is 0 Å². The predicted molar refractivity (Wildman–Crippen MR) is 80.7 cm³/mol. The van der Waals surface area contributed by atoms with E-state index in [1.807, 2.05) is 0 Å². The summed E-state index contributed by atoms with van der Waals surface area (Å²) in [6.07, 6.45) is 4.13. The molecule has 0 N–H and O–H groups in total. The van der Waals surface area contributed by atoms with E-state index in [1.54, 1.807) is 0 Å². The zero-order valence-corrected chi connectivity index (χ0v) is 14.4. The minimum Gasteiger partial charge on any atom is -0.412 e. The van der Waals surface area contributed by atoms with Crippen molar-refractivity contribution in [1.82, 2.24) is 4.90 Å². The highest BCUT2D eigenvalue weighted by molar-refractivity contribution is 6.74. The van der Waals surface area contributed by atoms with Crippen LogP contribution < -0.4 is 0 Å². The summed E-state index contributed by atoms with van der Waals surface area (Å²) in [6, 6.07) is 0. The first-order chi connectivity index (χ1) is 8.61.